The minimum Gasteiger partial charge on any atom is -0.497 e. The van der Waals surface area contributed by atoms with Gasteiger partial charge in [-0.25, -0.2) is 0 Å². The standard InChI is InChI=1S/C20H22N4O3S/c1-4-24-19(14-6-5-7-17(12-14)27-3)22-23-20(24)28-13-18(25)21-15-8-10-16(26-2)11-9-15/h5-12H,4,13H2,1-3H3,(H,21,25). The van der Waals surface area contributed by atoms with Gasteiger partial charge in [0.2, 0.25) is 5.91 Å². The van der Waals surface area contributed by atoms with Crippen molar-refractivity contribution in [1.29, 1.82) is 0 Å². The summed E-state index contributed by atoms with van der Waals surface area (Å²) in [7, 11) is 3.24. The van der Waals surface area contributed by atoms with E-state index in [1.165, 1.54) is 11.8 Å². The van der Waals surface area contributed by atoms with E-state index in [-0.39, 0.29) is 11.7 Å². The molecule has 0 bridgehead atoms. The van der Waals surface area contributed by atoms with Crippen molar-refractivity contribution in [2.45, 2.75) is 18.6 Å². The Morgan fingerprint density at radius 2 is 1.82 bits per heavy atom. The van der Waals surface area contributed by atoms with Gasteiger partial charge in [-0.3, -0.25) is 4.79 Å². The summed E-state index contributed by atoms with van der Waals surface area (Å²) in [6.07, 6.45) is 0. The molecule has 1 amide bonds. The molecule has 3 aromatic rings. The molecule has 8 heteroatoms. The number of methoxy groups -OCH3 is 2. The number of hydrogen-bond acceptors (Lipinski definition) is 6. The number of rotatable bonds is 8. The lowest BCUT2D eigenvalue weighted by molar-refractivity contribution is -0.113. The van der Waals surface area contributed by atoms with E-state index in [2.05, 4.69) is 15.5 Å². The van der Waals surface area contributed by atoms with Crippen molar-refractivity contribution in [2.75, 3.05) is 25.3 Å². The molecule has 1 heterocycles. The van der Waals surface area contributed by atoms with Crippen LogP contribution in [0.25, 0.3) is 11.4 Å². The van der Waals surface area contributed by atoms with Crippen molar-refractivity contribution in [2.24, 2.45) is 0 Å². The van der Waals surface area contributed by atoms with E-state index in [0.29, 0.717) is 11.7 Å². The third kappa shape index (κ3) is 4.64. The lowest BCUT2D eigenvalue weighted by Crippen LogP contribution is -2.14. The minimum absolute atomic E-state index is 0.108. The maximum atomic E-state index is 12.3. The summed E-state index contributed by atoms with van der Waals surface area (Å²) in [6, 6.07) is 14.9. The predicted molar refractivity (Wildman–Crippen MR) is 110 cm³/mol. The van der Waals surface area contributed by atoms with Crippen LogP contribution in [0.5, 0.6) is 11.5 Å². The van der Waals surface area contributed by atoms with Crippen molar-refractivity contribution >= 4 is 23.4 Å². The van der Waals surface area contributed by atoms with E-state index in [1.807, 2.05) is 35.8 Å². The Morgan fingerprint density at radius 3 is 2.50 bits per heavy atom. The van der Waals surface area contributed by atoms with Crippen LogP contribution in [0, 0.1) is 0 Å². The Morgan fingerprint density at radius 1 is 1.07 bits per heavy atom. The minimum atomic E-state index is -0.108. The Hall–Kier alpha value is -3.00. The van der Waals surface area contributed by atoms with Crippen LogP contribution in [0.4, 0.5) is 5.69 Å². The van der Waals surface area contributed by atoms with Gasteiger partial charge in [-0.2, -0.15) is 0 Å². The molecule has 0 spiro atoms. The molecule has 0 atom stereocenters. The smallest absolute Gasteiger partial charge is 0.234 e. The summed E-state index contributed by atoms with van der Waals surface area (Å²) in [5, 5.41) is 12.1. The summed E-state index contributed by atoms with van der Waals surface area (Å²) in [5.41, 5.74) is 1.64. The number of thioether (sulfide) groups is 1. The number of nitrogens with one attached hydrogen (secondary N) is 1. The summed E-state index contributed by atoms with van der Waals surface area (Å²) in [6.45, 7) is 2.72. The first-order valence-corrected chi connectivity index (χ1v) is 9.77. The van der Waals surface area contributed by atoms with Crippen molar-refractivity contribution < 1.29 is 14.3 Å². The second-order valence-corrected chi connectivity index (χ2v) is 6.79. The monoisotopic (exact) mass is 398 g/mol. The molecule has 0 unspecified atom stereocenters. The zero-order valence-corrected chi connectivity index (χ0v) is 16.8. The van der Waals surface area contributed by atoms with Crippen LogP contribution in [0.3, 0.4) is 0 Å². The number of anilines is 1. The van der Waals surface area contributed by atoms with E-state index >= 15 is 0 Å². The molecule has 28 heavy (non-hydrogen) atoms. The van der Waals surface area contributed by atoms with E-state index < -0.39 is 0 Å². The second kappa shape index (κ2) is 9.27. The van der Waals surface area contributed by atoms with Gasteiger partial charge in [0.05, 0.1) is 20.0 Å². The average Bonchev–Trinajstić information content (AvgIpc) is 3.16. The maximum Gasteiger partial charge on any atom is 0.234 e. The molecule has 7 nitrogen and oxygen atoms in total. The first-order chi connectivity index (χ1) is 13.6. The van der Waals surface area contributed by atoms with Crippen LogP contribution in [-0.4, -0.2) is 40.6 Å². The zero-order valence-electron chi connectivity index (χ0n) is 16.0. The van der Waals surface area contributed by atoms with Crippen molar-refractivity contribution in [3.63, 3.8) is 0 Å². The molecule has 0 aliphatic rings. The molecular formula is C20H22N4O3S. The highest BCUT2D eigenvalue weighted by atomic mass is 32.2. The third-order valence-electron chi connectivity index (χ3n) is 4.07. The van der Waals surface area contributed by atoms with E-state index in [4.69, 9.17) is 9.47 Å². The molecule has 3 rings (SSSR count). The van der Waals surface area contributed by atoms with Gasteiger partial charge in [-0.1, -0.05) is 23.9 Å². The highest BCUT2D eigenvalue weighted by Crippen LogP contribution is 2.26. The lowest BCUT2D eigenvalue weighted by atomic mass is 10.2. The van der Waals surface area contributed by atoms with Crippen molar-refractivity contribution in [3.8, 4) is 22.9 Å². The summed E-state index contributed by atoms with van der Waals surface area (Å²) >= 11 is 1.35. The summed E-state index contributed by atoms with van der Waals surface area (Å²) in [4.78, 5) is 12.3. The molecule has 0 radical (unpaired) electrons. The number of carbonyl (C=O) groups excluding carboxylic acids is 1. The largest absolute Gasteiger partial charge is 0.497 e. The van der Waals surface area contributed by atoms with Crippen LogP contribution in [0.15, 0.2) is 53.7 Å². The van der Waals surface area contributed by atoms with Gasteiger partial charge in [-0.15, -0.1) is 10.2 Å². The quantitative estimate of drug-likeness (QED) is 0.583. The molecule has 0 aliphatic carbocycles. The van der Waals surface area contributed by atoms with Crippen LogP contribution < -0.4 is 14.8 Å². The van der Waals surface area contributed by atoms with Gasteiger partial charge in [0.1, 0.15) is 11.5 Å². The third-order valence-corrected chi connectivity index (χ3v) is 5.03. The van der Waals surface area contributed by atoms with Gasteiger partial charge in [-0.05, 0) is 43.3 Å². The first-order valence-electron chi connectivity index (χ1n) is 8.79. The van der Waals surface area contributed by atoms with Crippen LogP contribution in [0.1, 0.15) is 6.92 Å². The van der Waals surface area contributed by atoms with Gasteiger partial charge < -0.3 is 19.4 Å². The number of amides is 1. The van der Waals surface area contributed by atoms with Gasteiger partial charge >= 0.3 is 0 Å². The average molecular weight is 398 g/mol. The van der Waals surface area contributed by atoms with Crippen LogP contribution in [0.2, 0.25) is 0 Å². The molecule has 0 fully saturated rings. The fourth-order valence-corrected chi connectivity index (χ4v) is 3.46. The fourth-order valence-electron chi connectivity index (χ4n) is 2.66. The number of benzene rings is 2. The fraction of sp³-hybridized carbons (Fsp3) is 0.250. The molecule has 0 saturated heterocycles. The molecule has 1 aromatic heterocycles. The lowest BCUT2D eigenvalue weighted by Gasteiger charge is -2.09. The predicted octanol–water partition coefficient (Wildman–Crippen LogP) is 3.71. The van der Waals surface area contributed by atoms with E-state index in [0.717, 1.165) is 28.6 Å². The van der Waals surface area contributed by atoms with Gasteiger partial charge in [0, 0.05) is 17.8 Å². The number of carbonyl (C=O) groups is 1. The SMILES string of the molecule is CCn1c(SCC(=O)Nc2ccc(OC)cc2)nnc1-c1cccc(OC)c1. The first kappa shape index (κ1) is 19.8. The van der Waals surface area contributed by atoms with E-state index in [9.17, 15) is 4.79 Å². The molecule has 2 aromatic carbocycles. The van der Waals surface area contributed by atoms with Crippen LogP contribution >= 0.6 is 11.8 Å². The summed E-state index contributed by atoms with van der Waals surface area (Å²) in [5.74, 6) is 2.38. The molecule has 0 aliphatic heterocycles. The molecule has 146 valence electrons. The number of ether oxygens (including phenoxy) is 2. The summed E-state index contributed by atoms with van der Waals surface area (Å²) < 4.78 is 12.4. The highest BCUT2D eigenvalue weighted by molar-refractivity contribution is 7.99. The van der Waals surface area contributed by atoms with Gasteiger partial charge in [0.25, 0.3) is 0 Å². The van der Waals surface area contributed by atoms with E-state index in [1.54, 1.807) is 38.5 Å². The Balaban J connectivity index is 1.67. The van der Waals surface area contributed by atoms with Crippen molar-refractivity contribution in [1.82, 2.24) is 14.8 Å². The molecule has 0 saturated carbocycles. The number of aromatic nitrogens is 3. The second-order valence-electron chi connectivity index (χ2n) is 5.85. The van der Waals surface area contributed by atoms with Crippen molar-refractivity contribution in [3.05, 3.63) is 48.5 Å². The number of hydrogen-bond donors (Lipinski definition) is 1. The normalized spacial score (nSPS) is 10.5. The maximum absolute atomic E-state index is 12.3. The van der Waals surface area contributed by atoms with Crippen LogP contribution in [-0.2, 0) is 11.3 Å². The molecular weight excluding hydrogens is 376 g/mol. The Labute approximate surface area is 168 Å². The molecule has 1 N–H and O–H groups in total. The zero-order chi connectivity index (χ0) is 19.9. The Bertz CT molecular complexity index is 941. The number of nitrogens with zero attached hydrogens (tertiary/aromatic N) is 3. The highest BCUT2D eigenvalue weighted by Gasteiger charge is 2.15. The Kier molecular flexibility index (Phi) is 6.54. The van der Waals surface area contributed by atoms with Gasteiger partial charge in [0.15, 0.2) is 11.0 Å². The topological polar surface area (TPSA) is 78.3 Å².